The summed E-state index contributed by atoms with van der Waals surface area (Å²) in [6, 6.07) is 9.39. The van der Waals surface area contributed by atoms with Crippen molar-refractivity contribution in [3.05, 3.63) is 56.2 Å². The lowest BCUT2D eigenvalue weighted by Gasteiger charge is -2.11. The van der Waals surface area contributed by atoms with E-state index in [1.165, 1.54) is 11.3 Å². The minimum absolute atomic E-state index is 0.0912. The predicted molar refractivity (Wildman–Crippen MR) is 96.9 cm³/mol. The molecule has 3 aromatic heterocycles. The minimum atomic E-state index is -0.422. The van der Waals surface area contributed by atoms with Crippen LogP contribution in [0.5, 0.6) is 0 Å². The van der Waals surface area contributed by atoms with Crippen molar-refractivity contribution in [2.75, 3.05) is 5.73 Å². The van der Waals surface area contributed by atoms with Crippen molar-refractivity contribution in [3.63, 3.8) is 0 Å². The molecule has 0 bridgehead atoms. The topological polar surface area (TPSA) is 97.1 Å². The molecule has 4 rings (SSSR count). The summed E-state index contributed by atoms with van der Waals surface area (Å²) < 4.78 is 2.60. The van der Waals surface area contributed by atoms with E-state index in [1.54, 1.807) is 10.6 Å². The van der Waals surface area contributed by atoms with Gasteiger partial charge in [-0.15, -0.1) is 11.3 Å². The minimum Gasteiger partial charge on any atom is -0.383 e. The third kappa shape index (κ3) is 2.10. The highest BCUT2D eigenvalue weighted by molar-refractivity contribution is 9.10. The zero-order valence-corrected chi connectivity index (χ0v) is 14.4. The molecule has 6 nitrogen and oxygen atoms in total. The highest BCUT2D eigenvalue weighted by Crippen LogP contribution is 2.33. The van der Waals surface area contributed by atoms with E-state index in [-0.39, 0.29) is 11.4 Å². The Morgan fingerprint density at radius 3 is 2.71 bits per heavy atom. The van der Waals surface area contributed by atoms with Crippen LogP contribution in [0.1, 0.15) is 5.56 Å². The third-order valence-electron chi connectivity index (χ3n) is 3.68. The summed E-state index contributed by atoms with van der Waals surface area (Å²) in [7, 11) is 0. The summed E-state index contributed by atoms with van der Waals surface area (Å²) in [5.74, 6) is 0.0912. The standard InChI is InChI=1S/C16H8BrN5OS/c17-9-3-1-8(2-4-9)11-10(7-18)13(19)20-14-12(11)15(23)21-16-22(14)5-6-24-16/h1-6H,(H2,19,20). The molecule has 4 aromatic rings. The first-order valence-electron chi connectivity index (χ1n) is 6.85. The Labute approximate surface area is 148 Å². The number of halogens is 1. The van der Waals surface area contributed by atoms with Crippen molar-refractivity contribution in [3.8, 4) is 17.2 Å². The summed E-state index contributed by atoms with van der Waals surface area (Å²) in [4.78, 5) is 21.5. The van der Waals surface area contributed by atoms with E-state index in [2.05, 4.69) is 32.0 Å². The first-order valence-corrected chi connectivity index (χ1v) is 8.52. The molecule has 1 aromatic carbocycles. The molecule has 0 radical (unpaired) electrons. The zero-order valence-electron chi connectivity index (χ0n) is 12.0. The normalized spacial score (nSPS) is 11.0. The van der Waals surface area contributed by atoms with Crippen LogP contribution in [-0.2, 0) is 0 Å². The number of nitrogens with two attached hydrogens (primary N) is 1. The second-order valence-electron chi connectivity index (χ2n) is 5.04. The number of benzene rings is 1. The molecule has 24 heavy (non-hydrogen) atoms. The second-order valence-corrected chi connectivity index (χ2v) is 6.83. The first-order chi connectivity index (χ1) is 11.6. The van der Waals surface area contributed by atoms with Gasteiger partial charge < -0.3 is 5.73 Å². The molecule has 0 aliphatic heterocycles. The van der Waals surface area contributed by atoms with Gasteiger partial charge in [-0.2, -0.15) is 10.2 Å². The molecule has 2 N–H and O–H groups in total. The maximum Gasteiger partial charge on any atom is 0.284 e. The SMILES string of the molecule is N#Cc1c(N)nc2c(c1-c1ccc(Br)cc1)c(=O)nc1sccn12. The monoisotopic (exact) mass is 397 g/mol. The molecule has 3 heterocycles. The molecule has 0 spiro atoms. The highest BCUT2D eigenvalue weighted by Gasteiger charge is 2.20. The van der Waals surface area contributed by atoms with Gasteiger partial charge in [-0.05, 0) is 17.7 Å². The van der Waals surface area contributed by atoms with E-state index >= 15 is 0 Å². The average Bonchev–Trinajstić information content (AvgIpc) is 3.03. The van der Waals surface area contributed by atoms with Gasteiger partial charge in [0.25, 0.3) is 5.56 Å². The van der Waals surface area contributed by atoms with Gasteiger partial charge in [0.15, 0.2) is 10.6 Å². The Hall–Kier alpha value is -2.76. The lowest BCUT2D eigenvalue weighted by molar-refractivity contribution is 1.13. The number of pyridine rings is 1. The molecule has 0 saturated heterocycles. The Morgan fingerprint density at radius 1 is 1.25 bits per heavy atom. The molecule has 0 fully saturated rings. The lowest BCUT2D eigenvalue weighted by Crippen LogP contribution is -2.13. The first kappa shape index (κ1) is 14.8. The van der Waals surface area contributed by atoms with Gasteiger partial charge in [-0.3, -0.25) is 9.20 Å². The summed E-state index contributed by atoms with van der Waals surface area (Å²) >= 11 is 4.72. The number of hydrogen-bond donors (Lipinski definition) is 1. The van der Waals surface area contributed by atoms with Crippen molar-refractivity contribution in [1.82, 2.24) is 14.4 Å². The predicted octanol–water partition coefficient (Wildman–Crippen LogP) is 3.19. The molecule has 0 aliphatic carbocycles. The third-order valence-corrected chi connectivity index (χ3v) is 4.96. The number of hydrogen-bond acceptors (Lipinski definition) is 6. The fourth-order valence-corrected chi connectivity index (χ4v) is 3.61. The Bertz CT molecular complexity index is 1200. The van der Waals surface area contributed by atoms with E-state index < -0.39 is 5.56 Å². The summed E-state index contributed by atoms with van der Waals surface area (Å²) in [5, 5.41) is 11.6. The van der Waals surface area contributed by atoms with Crippen LogP contribution in [0.15, 0.2) is 45.1 Å². The molecule has 8 heteroatoms. The number of aromatic nitrogens is 3. The molecule has 0 aliphatic rings. The van der Waals surface area contributed by atoms with Crippen LogP contribution in [0.3, 0.4) is 0 Å². The number of nitrogens with zero attached hydrogens (tertiary/aromatic N) is 4. The Balaban J connectivity index is 2.27. The van der Waals surface area contributed by atoms with Gasteiger partial charge in [-0.1, -0.05) is 28.1 Å². The zero-order chi connectivity index (χ0) is 16.8. The second kappa shape index (κ2) is 5.40. The molecular formula is C16H8BrN5OS. The van der Waals surface area contributed by atoms with E-state index in [9.17, 15) is 10.1 Å². The van der Waals surface area contributed by atoms with Crippen LogP contribution in [0, 0.1) is 11.3 Å². The van der Waals surface area contributed by atoms with Crippen molar-refractivity contribution in [2.45, 2.75) is 0 Å². The van der Waals surface area contributed by atoms with Gasteiger partial charge in [0.2, 0.25) is 0 Å². The van der Waals surface area contributed by atoms with Crippen LogP contribution < -0.4 is 11.3 Å². The number of nitriles is 1. The molecule has 0 unspecified atom stereocenters. The number of nitrogen functional groups attached to an aromatic ring is 1. The highest BCUT2D eigenvalue weighted by atomic mass is 79.9. The van der Waals surface area contributed by atoms with Gasteiger partial charge in [0.05, 0.1) is 5.39 Å². The van der Waals surface area contributed by atoms with Crippen molar-refractivity contribution in [1.29, 1.82) is 5.26 Å². The van der Waals surface area contributed by atoms with Crippen molar-refractivity contribution >= 4 is 49.1 Å². The molecule has 0 saturated carbocycles. The van der Waals surface area contributed by atoms with Crippen molar-refractivity contribution in [2.24, 2.45) is 0 Å². The Morgan fingerprint density at radius 2 is 2.00 bits per heavy atom. The maximum absolute atomic E-state index is 12.6. The molecule has 0 atom stereocenters. The maximum atomic E-state index is 12.6. The van der Waals surface area contributed by atoms with Crippen LogP contribution >= 0.6 is 27.3 Å². The van der Waals surface area contributed by atoms with Gasteiger partial charge in [0, 0.05) is 21.6 Å². The number of fused-ring (bicyclic) bond motifs is 3. The fraction of sp³-hybridized carbons (Fsp3) is 0. The number of rotatable bonds is 1. The van der Waals surface area contributed by atoms with E-state index in [4.69, 9.17) is 5.73 Å². The van der Waals surface area contributed by atoms with Crippen molar-refractivity contribution < 1.29 is 0 Å². The van der Waals surface area contributed by atoms with Gasteiger partial charge >= 0.3 is 0 Å². The molecule has 116 valence electrons. The number of anilines is 1. The van der Waals surface area contributed by atoms with Gasteiger partial charge in [-0.25, -0.2) is 4.98 Å². The molecule has 0 amide bonds. The quantitative estimate of drug-likeness (QED) is 0.531. The summed E-state index contributed by atoms with van der Waals surface area (Å²) in [6.07, 6.45) is 1.78. The number of thiazole rings is 1. The fourth-order valence-electron chi connectivity index (χ4n) is 2.64. The van der Waals surface area contributed by atoms with Crippen LogP contribution in [-0.4, -0.2) is 14.4 Å². The van der Waals surface area contributed by atoms with Gasteiger partial charge in [0.1, 0.15) is 17.5 Å². The smallest absolute Gasteiger partial charge is 0.284 e. The van der Waals surface area contributed by atoms with Crippen LogP contribution in [0.2, 0.25) is 0 Å². The van der Waals surface area contributed by atoms with E-state index in [1.807, 2.05) is 29.6 Å². The van der Waals surface area contributed by atoms with E-state index in [0.29, 0.717) is 27.1 Å². The molecular weight excluding hydrogens is 390 g/mol. The van der Waals surface area contributed by atoms with Crippen LogP contribution in [0.4, 0.5) is 5.82 Å². The summed E-state index contributed by atoms with van der Waals surface area (Å²) in [6.45, 7) is 0. The largest absolute Gasteiger partial charge is 0.383 e. The average molecular weight is 398 g/mol. The van der Waals surface area contributed by atoms with Crippen LogP contribution in [0.25, 0.3) is 27.1 Å². The lowest BCUT2D eigenvalue weighted by atomic mass is 9.98. The Kier molecular flexibility index (Phi) is 3.33. The van der Waals surface area contributed by atoms with E-state index in [0.717, 1.165) is 4.47 Å². The summed E-state index contributed by atoms with van der Waals surface area (Å²) in [5.41, 5.74) is 7.34.